The molecule has 1 unspecified atom stereocenters. The number of hydrogen-bond donors (Lipinski definition) is 2. The average molecular weight is 570 g/mol. The van der Waals surface area contributed by atoms with Crippen molar-refractivity contribution in [3.05, 3.63) is 83.9 Å². The molecular formula is C27H29F2N7O3S. The maximum Gasteiger partial charge on any atom is 0.243 e. The van der Waals surface area contributed by atoms with Crippen LogP contribution in [0.2, 0.25) is 0 Å². The lowest BCUT2D eigenvalue weighted by Gasteiger charge is -2.36. The van der Waals surface area contributed by atoms with E-state index in [4.69, 9.17) is 4.52 Å². The molecule has 10 nitrogen and oxygen atoms in total. The summed E-state index contributed by atoms with van der Waals surface area (Å²) in [4.78, 5) is 10.9. The Balaban J connectivity index is 1.22. The first-order valence-corrected chi connectivity index (χ1v) is 14.2. The third-order valence-corrected chi connectivity index (χ3v) is 8.62. The largest absolute Gasteiger partial charge is 0.361 e. The van der Waals surface area contributed by atoms with Gasteiger partial charge in [-0.05, 0) is 68.8 Å². The van der Waals surface area contributed by atoms with Crippen molar-refractivity contribution in [2.24, 2.45) is 0 Å². The van der Waals surface area contributed by atoms with Gasteiger partial charge in [0.05, 0.1) is 10.6 Å². The second-order valence-corrected chi connectivity index (χ2v) is 11.6. The van der Waals surface area contributed by atoms with Gasteiger partial charge in [-0.2, -0.15) is 9.29 Å². The summed E-state index contributed by atoms with van der Waals surface area (Å²) in [5.41, 5.74) is 1.75. The molecule has 3 heterocycles. The molecule has 4 aromatic rings. The van der Waals surface area contributed by atoms with Crippen molar-refractivity contribution in [3.63, 3.8) is 0 Å². The Kier molecular flexibility index (Phi) is 8.05. The number of nitrogens with one attached hydrogen (secondary N) is 2. The van der Waals surface area contributed by atoms with Crippen molar-refractivity contribution < 1.29 is 21.7 Å². The van der Waals surface area contributed by atoms with Crippen LogP contribution < -0.4 is 10.6 Å². The van der Waals surface area contributed by atoms with Gasteiger partial charge in [0, 0.05) is 55.9 Å². The second kappa shape index (κ2) is 11.7. The van der Waals surface area contributed by atoms with Crippen LogP contribution in [0.25, 0.3) is 0 Å². The molecule has 210 valence electrons. The molecule has 0 spiro atoms. The van der Waals surface area contributed by atoms with E-state index in [0.29, 0.717) is 30.3 Å². The van der Waals surface area contributed by atoms with Gasteiger partial charge in [0.2, 0.25) is 16.0 Å². The summed E-state index contributed by atoms with van der Waals surface area (Å²) in [5.74, 6) is -0.556. The van der Waals surface area contributed by atoms with Gasteiger partial charge in [-0.25, -0.2) is 22.2 Å². The van der Waals surface area contributed by atoms with Gasteiger partial charge in [-0.3, -0.25) is 4.90 Å². The Labute approximate surface area is 231 Å². The van der Waals surface area contributed by atoms with Crippen LogP contribution in [0.15, 0.2) is 70.2 Å². The Hall–Kier alpha value is -3.94. The van der Waals surface area contributed by atoms with E-state index in [9.17, 15) is 17.2 Å². The van der Waals surface area contributed by atoms with Crippen LogP contribution in [0.4, 0.5) is 31.9 Å². The normalized spacial score (nSPS) is 16.3. The molecule has 0 bridgehead atoms. The zero-order chi connectivity index (χ0) is 28.3. The number of anilines is 4. The highest BCUT2D eigenvalue weighted by atomic mass is 32.2. The number of likely N-dealkylation sites (N-methyl/N-ethyl adjacent to an activating group) is 1. The van der Waals surface area contributed by atoms with E-state index in [1.54, 1.807) is 25.2 Å². The molecule has 1 aliphatic heterocycles. The predicted octanol–water partition coefficient (Wildman–Crippen LogP) is 4.82. The summed E-state index contributed by atoms with van der Waals surface area (Å²) < 4.78 is 60.1. The molecule has 13 heteroatoms. The topological polar surface area (TPSA) is 116 Å². The van der Waals surface area contributed by atoms with Crippen molar-refractivity contribution in [2.45, 2.75) is 37.2 Å². The first-order valence-electron chi connectivity index (χ1n) is 12.7. The lowest BCUT2D eigenvalue weighted by molar-refractivity contribution is 0.150. The van der Waals surface area contributed by atoms with Crippen LogP contribution in [0.1, 0.15) is 24.3 Å². The molecule has 0 aliphatic carbocycles. The van der Waals surface area contributed by atoms with E-state index >= 15 is 0 Å². The van der Waals surface area contributed by atoms with Crippen LogP contribution in [-0.2, 0) is 16.6 Å². The molecule has 1 atom stereocenters. The number of hydrogen-bond acceptors (Lipinski definition) is 9. The lowest BCUT2D eigenvalue weighted by atomic mass is 10.1. The fraction of sp³-hybridized carbons (Fsp3) is 0.296. The summed E-state index contributed by atoms with van der Waals surface area (Å²) >= 11 is 0. The van der Waals surface area contributed by atoms with Gasteiger partial charge >= 0.3 is 0 Å². The van der Waals surface area contributed by atoms with Crippen LogP contribution >= 0.6 is 0 Å². The standard InChI is InChI=1S/C27H29F2N7O3S/c1-18-14-21(34-39-18)16-36-13-3-4-22(17-36)35(2)40(37,38)23-8-5-19(6-9-23)32-27-30-12-11-26(33-27)31-20-7-10-24(28)25(29)15-20/h5-12,14-15,22H,3-4,13,16-17H2,1-2H3,(H2,30,31,32,33). The zero-order valence-electron chi connectivity index (χ0n) is 22.0. The molecule has 2 aromatic carbocycles. The summed E-state index contributed by atoms with van der Waals surface area (Å²) in [6.07, 6.45) is 3.16. The number of sulfonamides is 1. The van der Waals surface area contributed by atoms with E-state index < -0.39 is 21.7 Å². The number of likely N-dealkylation sites (tertiary alicyclic amines) is 1. The van der Waals surface area contributed by atoms with Crippen LogP contribution in [-0.4, -0.2) is 58.9 Å². The minimum atomic E-state index is -3.72. The molecule has 0 saturated carbocycles. The number of piperidine rings is 1. The van der Waals surface area contributed by atoms with Crippen molar-refractivity contribution in [3.8, 4) is 0 Å². The number of nitrogens with zero attached hydrogens (tertiary/aromatic N) is 5. The third-order valence-electron chi connectivity index (χ3n) is 6.69. The number of benzene rings is 2. The molecule has 0 radical (unpaired) electrons. The third kappa shape index (κ3) is 6.43. The highest BCUT2D eigenvalue weighted by Crippen LogP contribution is 2.25. The highest BCUT2D eigenvalue weighted by Gasteiger charge is 2.31. The van der Waals surface area contributed by atoms with E-state index in [2.05, 4.69) is 30.7 Å². The van der Waals surface area contributed by atoms with Gasteiger partial charge in [0.1, 0.15) is 11.6 Å². The van der Waals surface area contributed by atoms with Crippen LogP contribution in [0.5, 0.6) is 0 Å². The summed E-state index contributed by atoms with van der Waals surface area (Å²) in [5, 5.41) is 9.97. The molecule has 2 aromatic heterocycles. The number of aryl methyl sites for hydroxylation is 1. The van der Waals surface area contributed by atoms with E-state index in [1.165, 1.54) is 28.7 Å². The monoisotopic (exact) mass is 569 g/mol. The maximum absolute atomic E-state index is 13.5. The van der Waals surface area contributed by atoms with E-state index in [1.807, 2.05) is 13.0 Å². The fourth-order valence-electron chi connectivity index (χ4n) is 4.61. The molecule has 1 fully saturated rings. The van der Waals surface area contributed by atoms with Gasteiger partial charge in [-0.1, -0.05) is 5.16 Å². The highest BCUT2D eigenvalue weighted by molar-refractivity contribution is 7.89. The fourth-order valence-corrected chi connectivity index (χ4v) is 5.98. The Morgan fingerprint density at radius 2 is 1.82 bits per heavy atom. The maximum atomic E-state index is 13.5. The Morgan fingerprint density at radius 3 is 2.55 bits per heavy atom. The molecule has 0 amide bonds. The molecule has 1 saturated heterocycles. The lowest BCUT2D eigenvalue weighted by Crippen LogP contribution is -2.48. The quantitative estimate of drug-likeness (QED) is 0.293. The first-order chi connectivity index (χ1) is 19.2. The zero-order valence-corrected chi connectivity index (χ0v) is 22.8. The summed E-state index contributed by atoms with van der Waals surface area (Å²) in [6, 6.07) is 13.1. The van der Waals surface area contributed by atoms with E-state index in [-0.39, 0.29) is 16.9 Å². The van der Waals surface area contributed by atoms with Crippen LogP contribution in [0, 0.1) is 18.6 Å². The second-order valence-electron chi connectivity index (χ2n) is 9.65. The predicted molar refractivity (Wildman–Crippen MR) is 146 cm³/mol. The summed E-state index contributed by atoms with van der Waals surface area (Å²) in [6.45, 7) is 3.93. The average Bonchev–Trinajstić information content (AvgIpc) is 3.35. The Bertz CT molecular complexity index is 1580. The van der Waals surface area contributed by atoms with Gasteiger partial charge < -0.3 is 15.2 Å². The number of halogens is 2. The minimum Gasteiger partial charge on any atom is -0.361 e. The van der Waals surface area contributed by atoms with Crippen molar-refractivity contribution in [1.29, 1.82) is 0 Å². The Morgan fingerprint density at radius 1 is 1.05 bits per heavy atom. The van der Waals surface area contributed by atoms with Crippen molar-refractivity contribution in [1.82, 2.24) is 24.3 Å². The smallest absolute Gasteiger partial charge is 0.243 e. The molecule has 2 N–H and O–H groups in total. The number of rotatable bonds is 9. The molecular weight excluding hydrogens is 540 g/mol. The first kappa shape index (κ1) is 27.6. The SMILES string of the molecule is Cc1cc(CN2CCCC(N(C)S(=O)(=O)c3ccc(Nc4nccc(Nc5ccc(F)c(F)c5)n4)cc3)C2)no1. The minimum absolute atomic E-state index is 0.164. The van der Waals surface area contributed by atoms with Gasteiger partial charge in [0.15, 0.2) is 11.6 Å². The van der Waals surface area contributed by atoms with E-state index in [0.717, 1.165) is 43.0 Å². The molecule has 5 rings (SSSR count). The molecule has 1 aliphatic rings. The van der Waals surface area contributed by atoms with Gasteiger partial charge in [-0.15, -0.1) is 0 Å². The van der Waals surface area contributed by atoms with Crippen LogP contribution in [0.3, 0.4) is 0 Å². The summed E-state index contributed by atoms with van der Waals surface area (Å²) in [7, 11) is -2.10. The number of aromatic nitrogens is 3. The van der Waals surface area contributed by atoms with Crippen molar-refractivity contribution in [2.75, 3.05) is 30.8 Å². The van der Waals surface area contributed by atoms with Gasteiger partial charge in [0.25, 0.3) is 0 Å². The van der Waals surface area contributed by atoms with Crippen molar-refractivity contribution >= 4 is 33.2 Å². The molecule has 40 heavy (non-hydrogen) atoms.